The van der Waals surface area contributed by atoms with Crippen LogP contribution in [0, 0.1) is 0 Å². The topological polar surface area (TPSA) is 89.4 Å². The quantitative estimate of drug-likeness (QED) is 0.575. The van der Waals surface area contributed by atoms with Crippen LogP contribution in [0.15, 0.2) is 0 Å². The molecular weight excluding hydrogens is 194 g/mol. The summed E-state index contributed by atoms with van der Waals surface area (Å²) in [5.41, 5.74) is 10.1. The Morgan fingerprint density at radius 1 is 1.38 bits per heavy atom. The van der Waals surface area contributed by atoms with E-state index >= 15 is 0 Å². The number of carbonyl (C=O) groups excluding carboxylic acids is 2. The molecule has 0 heterocycles. The summed E-state index contributed by atoms with van der Waals surface area (Å²) in [7, 11) is 0. The Balaban J connectivity index is 0. The molecule has 4 N–H and O–H groups in total. The van der Waals surface area contributed by atoms with Crippen LogP contribution in [0.25, 0.3) is 0 Å². The Hall–Kier alpha value is -0.810. The van der Waals surface area contributed by atoms with Gasteiger partial charge in [-0.05, 0) is 6.92 Å². The zero-order valence-electron chi connectivity index (χ0n) is 7.66. The molecule has 2 amide bonds. The summed E-state index contributed by atoms with van der Waals surface area (Å²) in [6.45, 7) is 3.26. The maximum atomic E-state index is 11.1. The first kappa shape index (κ1) is 14.7. The fourth-order valence-corrected chi connectivity index (χ4v) is 0.876. The predicted molar refractivity (Wildman–Crippen MR) is 52.4 cm³/mol. The smallest absolute Gasteiger partial charge is 0.232 e. The number of halogens is 1. The lowest BCUT2D eigenvalue weighted by atomic mass is 10.3. The Labute approximate surface area is 83.8 Å². The SMILES string of the molecule is CCN(CCN)C(=O)CC(N)=O.Cl. The van der Waals surface area contributed by atoms with Crippen molar-refractivity contribution in [2.45, 2.75) is 13.3 Å². The summed E-state index contributed by atoms with van der Waals surface area (Å²) in [5, 5.41) is 0. The fraction of sp³-hybridized carbons (Fsp3) is 0.714. The van der Waals surface area contributed by atoms with Crippen molar-refractivity contribution in [3.8, 4) is 0 Å². The van der Waals surface area contributed by atoms with E-state index in [4.69, 9.17) is 11.5 Å². The highest BCUT2D eigenvalue weighted by Crippen LogP contribution is 1.92. The van der Waals surface area contributed by atoms with Gasteiger partial charge < -0.3 is 16.4 Å². The van der Waals surface area contributed by atoms with E-state index in [0.717, 1.165) is 0 Å². The average Bonchev–Trinajstić information content (AvgIpc) is 1.98. The molecule has 78 valence electrons. The van der Waals surface area contributed by atoms with E-state index in [1.54, 1.807) is 0 Å². The number of amides is 2. The second kappa shape index (κ2) is 7.82. The maximum absolute atomic E-state index is 11.1. The lowest BCUT2D eigenvalue weighted by molar-refractivity contribution is -0.134. The van der Waals surface area contributed by atoms with Crippen LogP contribution in [0.2, 0.25) is 0 Å². The van der Waals surface area contributed by atoms with Crippen molar-refractivity contribution < 1.29 is 9.59 Å². The fourth-order valence-electron chi connectivity index (χ4n) is 0.876. The first-order valence-electron chi connectivity index (χ1n) is 3.88. The summed E-state index contributed by atoms with van der Waals surface area (Å²) in [6, 6.07) is 0. The van der Waals surface area contributed by atoms with Gasteiger partial charge in [-0.25, -0.2) is 0 Å². The molecule has 0 rings (SSSR count). The van der Waals surface area contributed by atoms with Gasteiger partial charge >= 0.3 is 0 Å². The number of hydrogen-bond donors (Lipinski definition) is 2. The van der Waals surface area contributed by atoms with Crippen LogP contribution >= 0.6 is 12.4 Å². The molecule has 0 unspecified atom stereocenters. The minimum absolute atomic E-state index is 0. The normalized spacial score (nSPS) is 8.77. The average molecular weight is 210 g/mol. The van der Waals surface area contributed by atoms with Gasteiger partial charge in [0.05, 0.1) is 0 Å². The van der Waals surface area contributed by atoms with Crippen LogP contribution in [0.1, 0.15) is 13.3 Å². The van der Waals surface area contributed by atoms with Crippen molar-refractivity contribution in [3.05, 3.63) is 0 Å². The molecule has 0 fully saturated rings. The van der Waals surface area contributed by atoms with Crippen molar-refractivity contribution in [2.24, 2.45) is 11.5 Å². The molecule has 0 aromatic rings. The van der Waals surface area contributed by atoms with E-state index in [-0.39, 0.29) is 24.7 Å². The molecule has 0 saturated heterocycles. The molecule has 0 aromatic carbocycles. The molecule has 0 radical (unpaired) electrons. The lowest BCUT2D eigenvalue weighted by Gasteiger charge is -2.18. The van der Waals surface area contributed by atoms with E-state index in [2.05, 4.69) is 0 Å². The van der Waals surface area contributed by atoms with Gasteiger partial charge in [-0.2, -0.15) is 0 Å². The van der Waals surface area contributed by atoms with Crippen molar-refractivity contribution >= 4 is 24.2 Å². The molecule has 0 spiro atoms. The monoisotopic (exact) mass is 209 g/mol. The number of nitrogens with two attached hydrogens (primary N) is 2. The molecule has 0 bridgehead atoms. The summed E-state index contributed by atoms with van der Waals surface area (Å²) < 4.78 is 0. The van der Waals surface area contributed by atoms with E-state index in [1.165, 1.54) is 4.90 Å². The van der Waals surface area contributed by atoms with Crippen LogP contribution in [0.3, 0.4) is 0 Å². The van der Waals surface area contributed by atoms with Crippen molar-refractivity contribution in [1.82, 2.24) is 4.90 Å². The van der Waals surface area contributed by atoms with Crippen molar-refractivity contribution in [2.75, 3.05) is 19.6 Å². The molecule has 0 aliphatic carbocycles. The second-order valence-electron chi connectivity index (χ2n) is 2.41. The van der Waals surface area contributed by atoms with E-state index < -0.39 is 5.91 Å². The highest BCUT2D eigenvalue weighted by molar-refractivity contribution is 5.96. The third-order valence-electron chi connectivity index (χ3n) is 1.46. The van der Waals surface area contributed by atoms with Crippen LogP contribution < -0.4 is 11.5 Å². The molecule has 0 aliphatic rings. The Morgan fingerprint density at radius 3 is 2.23 bits per heavy atom. The van der Waals surface area contributed by atoms with Crippen molar-refractivity contribution in [3.63, 3.8) is 0 Å². The number of hydrogen-bond acceptors (Lipinski definition) is 3. The van der Waals surface area contributed by atoms with Crippen LogP contribution in [0.4, 0.5) is 0 Å². The third-order valence-corrected chi connectivity index (χ3v) is 1.46. The number of nitrogens with zero attached hydrogens (tertiary/aromatic N) is 1. The predicted octanol–water partition coefficient (Wildman–Crippen LogP) is -0.909. The Morgan fingerprint density at radius 2 is 1.92 bits per heavy atom. The summed E-state index contributed by atoms with van der Waals surface area (Å²) in [5.74, 6) is -0.856. The number of primary amides is 1. The zero-order chi connectivity index (χ0) is 9.56. The number of likely N-dealkylation sites (N-methyl/N-ethyl adjacent to an activating group) is 1. The largest absolute Gasteiger partial charge is 0.369 e. The molecule has 0 saturated carbocycles. The molecule has 0 aromatic heterocycles. The highest BCUT2D eigenvalue weighted by Gasteiger charge is 2.12. The van der Waals surface area contributed by atoms with Crippen LogP contribution in [-0.2, 0) is 9.59 Å². The molecule has 0 atom stereocenters. The van der Waals surface area contributed by atoms with Crippen LogP contribution in [-0.4, -0.2) is 36.3 Å². The number of carbonyl (C=O) groups is 2. The molecule has 13 heavy (non-hydrogen) atoms. The van der Waals surface area contributed by atoms with Gasteiger partial charge in [-0.1, -0.05) is 0 Å². The summed E-state index contributed by atoms with van der Waals surface area (Å²) >= 11 is 0. The van der Waals surface area contributed by atoms with Gasteiger partial charge in [0.1, 0.15) is 6.42 Å². The highest BCUT2D eigenvalue weighted by atomic mass is 35.5. The Bertz CT molecular complexity index is 175. The van der Waals surface area contributed by atoms with Gasteiger partial charge in [-0.3, -0.25) is 9.59 Å². The minimum Gasteiger partial charge on any atom is -0.369 e. The van der Waals surface area contributed by atoms with E-state index in [0.29, 0.717) is 19.6 Å². The van der Waals surface area contributed by atoms with E-state index in [1.807, 2.05) is 6.92 Å². The lowest BCUT2D eigenvalue weighted by Crippen LogP contribution is -2.37. The first-order valence-corrected chi connectivity index (χ1v) is 3.88. The van der Waals surface area contributed by atoms with Gasteiger partial charge in [0, 0.05) is 19.6 Å². The first-order chi connectivity index (χ1) is 5.61. The van der Waals surface area contributed by atoms with Gasteiger partial charge in [0.25, 0.3) is 0 Å². The van der Waals surface area contributed by atoms with E-state index in [9.17, 15) is 9.59 Å². The van der Waals surface area contributed by atoms with Gasteiger partial charge in [0.15, 0.2) is 0 Å². The molecule has 6 heteroatoms. The molecule has 0 aliphatic heterocycles. The third kappa shape index (κ3) is 6.36. The minimum atomic E-state index is -0.601. The van der Waals surface area contributed by atoms with Gasteiger partial charge in [0.2, 0.25) is 11.8 Å². The summed E-state index contributed by atoms with van der Waals surface area (Å²) in [6.07, 6.45) is -0.228. The van der Waals surface area contributed by atoms with Gasteiger partial charge in [-0.15, -0.1) is 12.4 Å². The maximum Gasteiger partial charge on any atom is 0.232 e. The Kier molecular flexibility index (Phi) is 8.84. The van der Waals surface area contributed by atoms with Crippen LogP contribution in [0.5, 0.6) is 0 Å². The second-order valence-corrected chi connectivity index (χ2v) is 2.41. The van der Waals surface area contributed by atoms with Crippen molar-refractivity contribution in [1.29, 1.82) is 0 Å². The zero-order valence-corrected chi connectivity index (χ0v) is 8.47. The molecule has 5 nitrogen and oxygen atoms in total. The number of rotatable bonds is 5. The molecular formula is C7H16ClN3O2. The summed E-state index contributed by atoms with van der Waals surface area (Å²) in [4.78, 5) is 23.0. The standard InChI is InChI=1S/C7H15N3O2.ClH/c1-2-10(4-3-8)7(12)5-6(9)11;/h2-5,8H2,1H3,(H2,9,11);1H.